The molecule has 0 fully saturated rings. The highest BCUT2D eigenvalue weighted by Gasteiger charge is 2.04. The summed E-state index contributed by atoms with van der Waals surface area (Å²) in [4.78, 5) is 8.17. The van der Waals surface area contributed by atoms with Crippen molar-refractivity contribution in [3.8, 4) is 0 Å². The van der Waals surface area contributed by atoms with Crippen LogP contribution >= 0.6 is 27.5 Å². The molecule has 0 saturated heterocycles. The number of aryl methyl sites for hydroxylation is 1. The van der Waals surface area contributed by atoms with Gasteiger partial charge >= 0.3 is 0 Å². The monoisotopic (exact) mass is 314 g/mol. The second kappa shape index (κ2) is 5.51. The van der Waals surface area contributed by atoms with E-state index in [0.717, 1.165) is 22.4 Å². The van der Waals surface area contributed by atoms with Crippen molar-refractivity contribution in [3.63, 3.8) is 0 Å². The average Bonchev–Trinajstić information content (AvgIpc) is 2.77. The lowest BCUT2D eigenvalue weighted by Gasteiger charge is -2.09. The van der Waals surface area contributed by atoms with Crippen LogP contribution in [0.3, 0.4) is 0 Å². The maximum atomic E-state index is 5.99. The first-order valence-corrected chi connectivity index (χ1v) is 6.41. The van der Waals surface area contributed by atoms with Crippen LogP contribution in [-0.4, -0.2) is 14.5 Å². The first-order valence-electron chi connectivity index (χ1n) is 5.24. The van der Waals surface area contributed by atoms with Gasteiger partial charge in [0.1, 0.15) is 0 Å². The van der Waals surface area contributed by atoms with Crippen molar-refractivity contribution < 1.29 is 0 Å². The number of nitrogens with one attached hydrogen (secondary N) is 1. The van der Waals surface area contributed by atoms with Crippen LogP contribution in [0.1, 0.15) is 12.6 Å². The molecule has 2 rings (SSSR count). The topological polar surface area (TPSA) is 42.7 Å². The van der Waals surface area contributed by atoms with E-state index in [1.165, 1.54) is 0 Å². The molecule has 4 nitrogen and oxygen atoms in total. The molecule has 0 spiro atoms. The van der Waals surface area contributed by atoms with Gasteiger partial charge in [0, 0.05) is 23.4 Å². The molecule has 0 saturated carbocycles. The van der Waals surface area contributed by atoms with Gasteiger partial charge in [0.2, 0.25) is 0 Å². The summed E-state index contributed by atoms with van der Waals surface area (Å²) in [6.07, 6.45) is 5.33. The Bertz CT molecular complexity index is 512. The normalized spacial score (nSPS) is 10.5. The van der Waals surface area contributed by atoms with Gasteiger partial charge in [-0.25, -0.2) is 9.97 Å². The second-order valence-corrected chi connectivity index (χ2v) is 4.79. The molecule has 17 heavy (non-hydrogen) atoms. The summed E-state index contributed by atoms with van der Waals surface area (Å²) in [6.45, 7) is 3.66. The van der Waals surface area contributed by atoms with Crippen LogP contribution in [0.2, 0.25) is 5.15 Å². The van der Waals surface area contributed by atoms with Gasteiger partial charge in [-0.15, -0.1) is 0 Å². The van der Waals surface area contributed by atoms with E-state index in [0.29, 0.717) is 11.7 Å². The minimum atomic E-state index is 0.468. The fraction of sp³-hybridized carbons (Fsp3) is 0.273. The van der Waals surface area contributed by atoms with Crippen molar-refractivity contribution in [2.24, 2.45) is 0 Å². The molecule has 0 atom stereocenters. The molecule has 2 aromatic rings. The maximum absolute atomic E-state index is 5.99. The molecule has 90 valence electrons. The zero-order chi connectivity index (χ0) is 12.3. The highest BCUT2D eigenvalue weighted by Crippen LogP contribution is 2.23. The Kier molecular flexibility index (Phi) is 4.02. The number of anilines is 1. The highest BCUT2D eigenvalue weighted by atomic mass is 79.9. The average molecular weight is 316 g/mol. The van der Waals surface area contributed by atoms with Crippen LogP contribution in [0.5, 0.6) is 0 Å². The molecular formula is C11H12BrClN4. The number of rotatable bonds is 4. The van der Waals surface area contributed by atoms with Gasteiger partial charge in [0.15, 0.2) is 5.15 Å². The van der Waals surface area contributed by atoms with Gasteiger partial charge in [0.05, 0.1) is 24.3 Å². The minimum Gasteiger partial charge on any atom is -0.377 e. The number of nitrogens with zero attached hydrogens (tertiary/aromatic N) is 3. The van der Waals surface area contributed by atoms with Gasteiger partial charge in [-0.3, -0.25) is 0 Å². The van der Waals surface area contributed by atoms with Gasteiger partial charge in [-0.05, 0) is 28.9 Å². The summed E-state index contributed by atoms with van der Waals surface area (Å²) in [5.74, 6) is 0. The number of hydrogen-bond acceptors (Lipinski definition) is 3. The quantitative estimate of drug-likeness (QED) is 0.880. The van der Waals surface area contributed by atoms with Crippen molar-refractivity contribution >= 4 is 33.2 Å². The smallest absolute Gasteiger partial charge is 0.152 e. The predicted molar refractivity (Wildman–Crippen MR) is 72.2 cm³/mol. The number of pyridine rings is 1. The summed E-state index contributed by atoms with van der Waals surface area (Å²) < 4.78 is 2.97. The molecule has 1 N–H and O–H groups in total. The lowest BCUT2D eigenvalue weighted by molar-refractivity contribution is 0.719. The van der Waals surface area contributed by atoms with E-state index in [4.69, 9.17) is 11.6 Å². The molecular weight excluding hydrogens is 304 g/mol. The van der Waals surface area contributed by atoms with Crippen LogP contribution in [-0.2, 0) is 13.1 Å². The highest BCUT2D eigenvalue weighted by molar-refractivity contribution is 9.10. The van der Waals surface area contributed by atoms with Crippen LogP contribution in [0.15, 0.2) is 29.3 Å². The third-order valence-electron chi connectivity index (χ3n) is 2.40. The lowest BCUT2D eigenvalue weighted by atomic mass is 10.4. The number of imidazole rings is 1. The van der Waals surface area contributed by atoms with E-state index in [2.05, 4.69) is 42.7 Å². The lowest BCUT2D eigenvalue weighted by Crippen LogP contribution is -2.06. The van der Waals surface area contributed by atoms with Crippen molar-refractivity contribution in [1.29, 1.82) is 0 Å². The number of hydrogen-bond donors (Lipinski definition) is 1. The van der Waals surface area contributed by atoms with E-state index in [-0.39, 0.29) is 0 Å². The van der Waals surface area contributed by atoms with Gasteiger partial charge in [-0.1, -0.05) is 11.6 Å². The molecule has 0 aliphatic heterocycles. The summed E-state index contributed by atoms with van der Waals surface area (Å²) in [6, 6.07) is 1.90. The van der Waals surface area contributed by atoms with Gasteiger partial charge < -0.3 is 9.88 Å². The summed E-state index contributed by atoms with van der Waals surface area (Å²) in [5.41, 5.74) is 1.92. The molecule has 0 aliphatic carbocycles. The van der Waals surface area contributed by atoms with Crippen LogP contribution in [0, 0.1) is 0 Å². The fourth-order valence-electron chi connectivity index (χ4n) is 1.51. The Morgan fingerprint density at radius 1 is 1.47 bits per heavy atom. The maximum Gasteiger partial charge on any atom is 0.152 e. The molecule has 0 bridgehead atoms. The second-order valence-electron chi connectivity index (χ2n) is 3.52. The molecule has 0 aromatic carbocycles. The zero-order valence-corrected chi connectivity index (χ0v) is 11.7. The summed E-state index contributed by atoms with van der Waals surface area (Å²) in [7, 11) is 0. The van der Waals surface area contributed by atoms with Crippen LogP contribution in [0.25, 0.3) is 0 Å². The molecule has 6 heteroatoms. The van der Waals surface area contributed by atoms with Crippen molar-refractivity contribution in [2.45, 2.75) is 20.0 Å². The Morgan fingerprint density at radius 2 is 2.29 bits per heavy atom. The molecule has 2 heterocycles. The minimum absolute atomic E-state index is 0.468. The van der Waals surface area contributed by atoms with Crippen molar-refractivity contribution in [1.82, 2.24) is 14.5 Å². The fourth-order valence-corrected chi connectivity index (χ4v) is 2.01. The first kappa shape index (κ1) is 12.4. The van der Waals surface area contributed by atoms with E-state index in [9.17, 15) is 0 Å². The summed E-state index contributed by atoms with van der Waals surface area (Å²) >= 11 is 9.36. The first-order chi connectivity index (χ1) is 8.20. The SMILES string of the molecule is CCn1cncc1CNc1cc(Br)cnc1Cl. The predicted octanol–water partition coefficient (Wildman–Crippen LogP) is 3.33. The van der Waals surface area contributed by atoms with E-state index in [1.54, 1.807) is 6.20 Å². The molecule has 2 aromatic heterocycles. The molecule has 0 aliphatic rings. The molecule has 0 amide bonds. The number of halogens is 2. The van der Waals surface area contributed by atoms with Crippen LogP contribution < -0.4 is 5.32 Å². The molecule has 0 unspecified atom stereocenters. The standard InChI is InChI=1S/C11H12BrClN4/c1-2-17-7-14-5-9(17)6-15-10-3-8(12)4-16-11(10)13/h3-5,7,15H,2,6H2,1H3. The Morgan fingerprint density at radius 3 is 3.06 bits per heavy atom. The molecule has 0 radical (unpaired) electrons. The van der Waals surface area contributed by atoms with E-state index in [1.807, 2.05) is 18.6 Å². The Hall–Kier alpha value is -1.07. The van der Waals surface area contributed by atoms with E-state index < -0.39 is 0 Å². The van der Waals surface area contributed by atoms with Crippen molar-refractivity contribution in [3.05, 3.63) is 40.1 Å². The Labute approximate surface area is 113 Å². The third kappa shape index (κ3) is 2.98. The van der Waals surface area contributed by atoms with Crippen molar-refractivity contribution in [2.75, 3.05) is 5.32 Å². The van der Waals surface area contributed by atoms with E-state index >= 15 is 0 Å². The largest absolute Gasteiger partial charge is 0.377 e. The Balaban J connectivity index is 2.09. The third-order valence-corrected chi connectivity index (χ3v) is 3.14. The van der Waals surface area contributed by atoms with Gasteiger partial charge in [0.25, 0.3) is 0 Å². The number of aromatic nitrogens is 3. The van der Waals surface area contributed by atoms with Gasteiger partial charge in [-0.2, -0.15) is 0 Å². The summed E-state index contributed by atoms with van der Waals surface area (Å²) in [5, 5.41) is 3.71. The zero-order valence-electron chi connectivity index (χ0n) is 9.32. The van der Waals surface area contributed by atoms with Crippen LogP contribution in [0.4, 0.5) is 5.69 Å².